The Morgan fingerprint density at radius 1 is 1.43 bits per heavy atom. The van der Waals surface area contributed by atoms with E-state index in [4.69, 9.17) is 9.78 Å². The van der Waals surface area contributed by atoms with Gasteiger partial charge in [0.1, 0.15) is 0 Å². The van der Waals surface area contributed by atoms with Gasteiger partial charge in [-0.25, -0.2) is 0 Å². The van der Waals surface area contributed by atoms with Gasteiger partial charge in [0.2, 0.25) is 11.7 Å². The summed E-state index contributed by atoms with van der Waals surface area (Å²) in [7, 11) is 0. The van der Waals surface area contributed by atoms with Crippen molar-refractivity contribution < 1.29 is 4.52 Å². The fraction of sp³-hybridized carbons (Fsp3) is 0.333. The number of hydrogen-bond acceptors (Lipinski definition) is 6. The zero-order valence-corrected chi connectivity index (χ0v) is 12.4. The Balaban J connectivity index is 1.70. The largest absolute Gasteiger partial charge is 0.339 e. The van der Waals surface area contributed by atoms with Gasteiger partial charge in [-0.1, -0.05) is 19.0 Å². The van der Waals surface area contributed by atoms with Crippen LogP contribution in [-0.2, 0) is 0 Å². The molecule has 1 aliphatic rings. The fourth-order valence-electron chi connectivity index (χ4n) is 2.79. The van der Waals surface area contributed by atoms with Crippen LogP contribution in [0.15, 0.2) is 28.2 Å². The van der Waals surface area contributed by atoms with Crippen molar-refractivity contribution in [1.82, 2.24) is 15.1 Å². The van der Waals surface area contributed by atoms with Gasteiger partial charge in [-0.3, -0.25) is 4.98 Å². The van der Waals surface area contributed by atoms with E-state index in [2.05, 4.69) is 35.0 Å². The van der Waals surface area contributed by atoms with Crippen molar-refractivity contribution in [2.24, 2.45) is 11.3 Å². The highest BCUT2D eigenvalue weighted by molar-refractivity contribution is 7.17. The van der Waals surface area contributed by atoms with Crippen LogP contribution in [0, 0.1) is 22.7 Å². The van der Waals surface area contributed by atoms with E-state index >= 15 is 0 Å². The average Bonchev–Trinajstić information content (AvgIpc) is 2.91. The summed E-state index contributed by atoms with van der Waals surface area (Å²) in [5.41, 5.74) is 1.72. The van der Waals surface area contributed by atoms with Gasteiger partial charge < -0.3 is 4.52 Å². The summed E-state index contributed by atoms with van der Waals surface area (Å²) in [5, 5.41) is 15.2. The van der Waals surface area contributed by atoms with E-state index in [1.54, 1.807) is 17.5 Å². The molecule has 0 N–H and O–H groups in total. The minimum Gasteiger partial charge on any atom is -0.339 e. The van der Waals surface area contributed by atoms with Gasteiger partial charge in [-0.2, -0.15) is 10.2 Å². The van der Waals surface area contributed by atoms with Crippen LogP contribution in [0.4, 0.5) is 0 Å². The summed E-state index contributed by atoms with van der Waals surface area (Å²) in [4.78, 5) is 8.85. The maximum Gasteiger partial charge on any atom is 0.232 e. The van der Waals surface area contributed by atoms with E-state index in [1.165, 1.54) is 0 Å². The second kappa shape index (κ2) is 4.12. The van der Waals surface area contributed by atoms with Gasteiger partial charge in [0.05, 0.1) is 28.1 Å². The van der Waals surface area contributed by atoms with Crippen molar-refractivity contribution >= 4 is 21.6 Å². The third-order valence-corrected chi connectivity index (χ3v) is 5.09. The minimum absolute atomic E-state index is 0.0298. The van der Waals surface area contributed by atoms with Crippen LogP contribution in [0.3, 0.4) is 0 Å². The van der Waals surface area contributed by atoms with Crippen molar-refractivity contribution in [3.8, 4) is 17.5 Å². The maximum atomic E-state index is 9.14. The van der Waals surface area contributed by atoms with Gasteiger partial charge in [-0.05, 0) is 22.9 Å². The number of fused-ring (bicyclic) bond motifs is 1. The molecule has 0 radical (unpaired) electrons. The van der Waals surface area contributed by atoms with E-state index in [9.17, 15) is 0 Å². The second-order valence-corrected chi connectivity index (χ2v) is 6.84. The summed E-state index contributed by atoms with van der Waals surface area (Å²) in [6.45, 7) is 4.10. The van der Waals surface area contributed by atoms with Crippen molar-refractivity contribution in [3.63, 3.8) is 0 Å². The standard InChI is InChI=1S/C15H12N4OS/c1-15(2)9(6-16)12(15)14-18-13(19-20-14)8-5-11-10(17-7-8)3-4-21-11/h3-5,7,9,12H,1-2H3. The number of nitriles is 1. The van der Waals surface area contributed by atoms with Gasteiger partial charge in [0, 0.05) is 11.8 Å². The summed E-state index contributed by atoms with van der Waals surface area (Å²) in [6.07, 6.45) is 1.75. The van der Waals surface area contributed by atoms with E-state index < -0.39 is 0 Å². The van der Waals surface area contributed by atoms with E-state index in [0.717, 1.165) is 15.8 Å². The highest BCUT2D eigenvalue weighted by atomic mass is 32.1. The molecule has 3 aromatic rings. The number of rotatable bonds is 2. The Kier molecular flexibility index (Phi) is 2.45. The van der Waals surface area contributed by atoms with Crippen molar-refractivity contribution in [3.05, 3.63) is 29.6 Å². The summed E-state index contributed by atoms with van der Waals surface area (Å²) in [6, 6.07) is 6.31. The van der Waals surface area contributed by atoms with Gasteiger partial charge in [0.25, 0.3) is 0 Å². The van der Waals surface area contributed by atoms with Crippen LogP contribution in [-0.4, -0.2) is 15.1 Å². The molecule has 0 spiro atoms. The Morgan fingerprint density at radius 3 is 3.05 bits per heavy atom. The highest BCUT2D eigenvalue weighted by Gasteiger charge is 2.62. The molecule has 0 bridgehead atoms. The average molecular weight is 296 g/mol. The normalized spacial score (nSPS) is 23.1. The molecule has 0 aliphatic heterocycles. The molecule has 1 fully saturated rings. The molecule has 5 nitrogen and oxygen atoms in total. The van der Waals surface area contributed by atoms with Crippen LogP contribution >= 0.6 is 11.3 Å². The van der Waals surface area contributed by atoms with Crippen LogP contribution in [0.2, 0.25) is 0 Å². The summed E-state index contributed by atoms with van der Waals surface area (Å²) in [5.74, 6) is 1.06. The third-order valence-electron chi connectivity index (χ3n) is 4.24. The van der Waals surface area contributed by atoms with E-state index in [0.29, 0.717) is 11.7 Å². The van der Waals surface area contributed by atoms with E-state index in [-0.39, 0.29) is 17.3 Å². The molecule has 2 unspecified atom stereocenters. The quantitative estimate of drug-likeness (QED) is 0.722. The molecular weight excluding hydrogens is 284 g/mol. The third kappa shape index (κ3) is 1.78. The highest BCUT2D eigenvalue weighted by Crippen LogP contribution is 2.63. The maximum absolute atomic E-state index is 9.14. The van der Waals surface area contributed by atoms with Crippen molar-refractivity contribution in [2.75, 3.05) is 0 Å². The first-order chi connectivity index (χ1) is 10.1. The monoisotopic (exact) mass is 296 g/mol. The number of thiophene rings is 1. The van der Waals surface area contributed by atoms with Crippen molar-refractivity contribution in [1.29, 1.82) is 5.26 Å². The first-order valence-corrected chi connectivity index (χ1v) is 7.56. The lowest BCUT2D eigenvalue weighted by molar-refractivity contribution is 0.368. The molecule has 21 heavy (non-hydrogen) atoms. The number of aromatic nitrogens is 3. The van der Waals surface area contributed by atoms with Crippen LogP contribution < -0.4 is 0 Å². The zero-order valence-electron chi connectivity index (χ0n) is 11.6. The summed E-state index contributed by atoms with van der Waals surface area (Å²) >= 11 is 1.63. The zero-order chi connectivity index (χ0) is 14.6. The Morgan fingerprint density at radius 2 is 2.29 bits per heavy atom. The van der Waals surface area contributed by atoms with Crippen LogP contribution in [0.5, 0.6) is 0 Å². The predicted molar refractivity (Wildman–Crippen MR) is 78.5 cm³/mol. The smallest absolute Gasteiger partial charge is 0.232 e. The van der Waals surface area contributed by atoms with Crippen molar-refractivity contribution in [2.45, 2.75) is 19.8 Å². The second-order valence-electron chi connectivity index (χ2n) is 5.89. The summed E-state index contributed by atoms with van der Waals surface area (Å²) < 4.78 is 6.47. The lowest BCUT2D eigenvalue weighted by atomic mass is 10.1. The first-order valence-electron chi connectivity index (χ1n) is 6.68. The Bertz CT molecular complexity index is 873. The lowest BCUT2D eigenvalue weighted by Gasteiger charge is -1.95. The topological polar surface area (TPSA) is 75.6 Å². The van der Waals surface area contributed by atoms with Gasteiger partial charge in [-0.15, -0.1) is 11.3 Å². The van der Waals surface area contributed by atoms with Crippen LogP contribution in [0.1, 0.15) is 25.7 Å². The van der Waals surface area contributed by atoms with E-state index in [1.807, 2.05) is 17.5 Å². The number of hydrogen-bond donors (Lipinski definition) is 0. The minimum atomic E-state index is -0.0888. The Hall–Kier alpha value is -2.26. The predicted octanol–water partition coefficient (Wildman–Crippen LogP) is 3.61. The molecule has 6 heteroatoms. The molecule has 0 amide bonds. The molecular formula is C15H12N4OS. The SMILES string of the molecule is CC1(C)C(C#N)C1c1nc(-c2cnc3ccsc3c2)no1. The first kappa shape index (κ1) is 12.5. The number of pyridine rings is 1. The molecule has 3 heterocycles. The molecule has 2 atom stereocenters. The lowest BCUT2D eigenvalue weighted by Crippen LogP contribution is -1.90. The van der Waals surface area contributed by atoms with Gasteiger partial charge >= 0.3 is 0 Å². The molecule has 3 aromatic heterocycles. The molecule has 0 saturated heterocycles. The molecule has 0 aromatic carbocycles. The number of nitrogens with zero attached hydrogens (tertiary/aromatic N) is 4. The molecule has 1 aliphatic carbocycles. The molecule has 1 saturated carbocycles. The van der Waals surface area contributed by atoms with Crippen LogP contribution in [0.25, 0.3) is 21.6 Å². The molecule has 104 valence electrons. The molecule has 4 rings (SSSR count). The fourth-order valence-corrected chi connectivity index (χ4v) is 3.57. The van der Waals surface area contributed by atoms with Gasteiger partial charge in [0.15, 0.2) is 0 Å². The Labute approximate surface area is 125 Å².